The highest BCUT2D eigenvalue weighted by Crippen LogP contribution is 2.30. The van der Waals surface area contributed by atoms with Crippen molar-refractivity contribution in [2.24, 2.45) is 5.41 Å². The molecule has 14 heavy (non-hydrogen) atoms. The highest BCUT2D eigenvalue weighted by atomic mass is 16.5. The predicted molar refractivity (Wildman–Crippen MR) is 48.8 cm³/mol. The molecule has 0 aromatic carbocycles. The summed E-state index contributed by atoms with van der Waals surface area (Å²) in [6.45, 7) is 2.90. The maximum atomic E-state index is 11.6. The number of amides is 1. The molecule has 1 fully saturated rings. The normalized spacial score (nSPS) is 20.1. The number of hydrogen-bond acceptors (Lipinski definition) is 3. The fourth-order valence-electron chi connectivity index (χ4n) is 1.59. The van der Waals surface area contributed by atoms with E-state index in [0.29, 0.717) is 19.8 Å². The van der Waals surface area contributed by atoms with Gasteiger partial charge in [0.25, 0.3) is 0 Å². The summed E-state index contributed by atoms with van der Waals surface area (Å²) < 4.78 is 5.06. The van der Waals surface area contributed by atoms with Crippen LogP contribution in [0.15, 0.2) is 0 Å². The van der Waals surface area contributed by atoms with Gasteiger partial charge in [0.15, 0.2) is 5.41 Å². The lowest BCUT2D eigenvalue weighted by Gasteiger charge is -2.31. The van der Waals surface area contributed by atoms with Crippen LogP contribution >= 0.6 is 0 Å². The van der Waals surface area contributed by atoms with Crippen molar-refractivity contribution in [1.82, 2.24) is 5.32 Å². The zero-order chi connectivity index (χ0) is 10.6. The van der Waals surface area contributed by atoms with Gasteiger partial charge in [-0.05, 0) is 19.8 Å². The molecule has 0 bridgehead atoms. The minimum atomic E-state index is -1.27. The summed E-state index contributed by atoms with van der Waals surface area (Å²) in [6.07, 6.45) is 0.516. The fourth-order valence-corrected chi connectivity index (χ4v) is 1.59. The number of carboxylic acids is 1. The highest BCUT2D eigenvalue weighted by Gasteiger charge is 2.46. The molecule has 2 N–H and O–H groups in total. The Bertz CT molecular complexity index is 233. The van der Waals surface area contributed by atoms with Gasteiger partial charge in [-0.3, -0.25) is 9.59 Å². The number of hydrogen-bond donors (Lipinski definition) is 2. The van der Waals surface area contributed by atoms with E-state index < -0.39 is 17.3 Å². The average molecular weight is 201 g/mol. The van der Waals surface area contributed by atoms with Crippen molar-refractivity contribution in [3.8, 4) is 0 Å². The number of ether oxygens (including phenoxy) is 1. The molecule has 0 aromatic rings. The first-order chi connectivity index (χ1) is 6.63. The van der Waals surface area contributed by atoms with E-state index in [9.17, 15) is 9.59 Å². The lowest BCUT2D eigenvalue weighted by atomic mass is 9.79. The molecule has 0 aromatic heterocycles. The van der Waals surface area contributed by atoms with Crippen LogP contribution in [0, 0.1) is 5.41 Å². The molecule has 1 heterocycles. The summed E-state index contributed by atoms with van der Waals surface area (Å²) in [6, 6.07) is 0. The monoisotopic (exact) mass is 201 g/mol. The summed E-state index contributed by atoms with van der Waals surface area (Å²) in [5.74, 6) is -1.44. The number of carbonyl (C=O) groups excluding carboxylic acids is 1. The van der Waals surface area contributed by atoms with E-state index in [4.69, 9.17) is 9.84 Å². The van der Waals surface area contributed by atoms with E-state index in [-0.39, 0.29) is 12.8 Å². The summed E-state index contributed by atoms with van der Waals surface area (Å²) in [7, 11) is 0. The van der Waals surface area contributed by atoms with Gasteiger partial charge in [0.2, 0.25) is 5.91 Å². The summed E-state index contributed by atoms with van der Waals surface area (Å²) >= 11 is 0. The zero-order valence-corrected chi connectivity index (χ0v) is 8.21. The van der Waals surface area contributed by atoms with Crippen molar-refractivity contribution in [2.75, 3.05) is 19.8 Å². The third-order valence-electron chi connectivity index (χ3n) is 2.53. The second-order valence-electron chi connectivity index (χ2n) is 3.36. The third kappa shape index (κ3) is 1.87. The Hall–Kier alpha value is -1.10. The largest absolute Gasteiger partial charge is 0.480 e. The number of carboxylic acid groups (broad SMARTS) is 1. The standard InChI is InChI=1S/C9H15NO4/c1-2-10-7(11)9(8(12)13)3-5-14-6-4-9/h2-6H2,1H3,(H,10,11)(H,12,13). The quantitative estimate of drug-likeness (QED) is 0.630. The number of nitrogens with one attached hydrogen (secondary N) is 1. The van der Waals surface area contributed by atoms with Crippen LogP contribution in [0.1, 0.15) is 19.8 Å². The first kappa shape index (κ1) is 11.0. The highest BCUT2D eigenvalue weighted by molar-refractivity contribution is 6.02. The van der Waals surface area contributed by atoms with Crippen molar-refractivity contribution in [1.29, 1.82) is 0 Å². The molecule has 0 radical (unpaired) electrons. The van der Waals surface area contributed by atoms with Gasteiger partial charge in [0, 0.05) is 19.8 Å². The number of aliphatic carboxylic acids is 1. The van der Waals surface area contributed by atoms with Crippen LogP contribution in [0.5, 0.6) is 0 Å². The smallest absolute Gasteiger partial charge is 0.319 e. The minimum absolute atomic E-state index is 0.258. The van der Waals surface area contributed by atoms with E-state index in [1.165, 1.54) is 0 Å². The van der Waals surface area contributed by atoms with E-state index >= 15 is 0 Å². The molecule has 1 amide bonds. The van der Waals surface area contributed by atoms with Crippen molar-refractivity contribution >= 4 is 11.9 Å². The Kier molecular flexibility index (Phi) is 3.46. The molecule has 0 atom stereocenters. The minimum Gasteiger partial charge on any atom is -0.480 e. The number of rotatable bonds is 3. The van der Waals surface area contributed by atoms with Gasteiger partial charge in [-0.1, -0.05) is 0 Å². The summed E-state index contributed by atoms with van der Waals surface area (Å²) in [5.41, 5.74) is -1.27. The van der Waals surface area contributed by atoms with Crippen LogP contribution in [0.4, 0.5) is 0 Å². The lowest BCUT2D eigenvalue weighted by molar-refractivity contribution is -0.162. The second-order valence-corrected chi connectivity index (χ2v) is 3.36. The topological polar surface area (TPSA) is 75.6 Å². The Morgan fingerprint density at radius 3 is 2.43 bits per heavy atom. The molecule has 5 nitrogen and oxygen atoms in total. The van der Waals surface area contributed by atoms with E-state index in [1.807, 2.05) is 0 Å². The third-order valence-corrected chi connectivity index (χ3v) is 2.53. The predicted octanol–water partition coefficient (Wildman–Crippen LogP) is 0.00390. The van der Waals surface area contributed by atoms with Crippen LogP contribution in [0.3, 0.4) is 0 Å². The van der Waals surface area contributed by atoms with Crippen LogP contribution in [0.2, 0.25) is 0 Å². The Morgan fingerprint density at radius 2 is 2.00 bits per heavy atom. The fraction of sp³-hybridized carbons (Fsp3) is 0.778. The Morgan fingerprint density at radius 1 is 1.43 bits per heavy atom. The van der Waals surface area contributed by atoms with Crippen molar-refractivity contribution in [3.63, 3.8) is 0 Å². The second kappa shape index (κ2) is 4.41. The maximum absolute atomic E-state index is 11.6. The molecule has 1 aliphatic heterocycles. The van der Waals surface area contributed by atoms with Gasteiger partial charge in [0.1, 0.15) is 0 Å². The van der Waals surface area contributed by atoms with Gasteiger partial charge in [-0.25, -0.2) is 0 Å². The van der Waals surface area contributed by atoms with Crippen LogP contribution in [-0.2, 0) is 14.3 Å². The molecule has 1 rings (SSSR count). The first-order valence-electron chi connectivity index (χ1n) is 4.73. The molecule has 0 unspecified atom stereocenters. The summed E-state index contributed by atoms with van der Waals surface area (Å²) in [4.78, 5) is 22.7. The molecule has 1 aliphatic rings. The molecule has 80 valence electrons. The van der Waals surface area contributed by atoms with Gasteiger partial charge in [-0.15, -0.1) is 0 Å². The molecular weight excluding hydrogens is 186 g/mol. The maximum Gasteiger partial charge on any atom is 0.319 e. The van der Waals surface area contributed by atoms with Gasteiger partial charge < -0.3 is 15.2 Å². The van der Waals surface area contributed by atoms with Crippen molar-refractivity contribution in [3.05, 3.63) is 0 Å². The van der Waals surface area contributed by atoms with Gasteiger partial charge in [-0.2, -0.15) is 0 Å². The van der Waals surface area contributed by atoms with Crippen molar-refractivity contribution in [2.45, 2.75) is 19.8 Å². The van der Waals surface area contributed by atoms with Crippen molar-refractivity contribution < 1.29 is 19.4 Å². The van der Waals surface area contributed by atoms with E-state index in [1.54, 1.807) is 6.92 Å². The molecule has 1 saturated heterocycles. The molecule has 0 spiro atoms. The SMILES string of the molecule is CCNC(=O)C1(C(=O)O)CCOCC1. The lowest BCUT2D eigenvalue weighted by Crippen LogP contribution is -2.49. The van der Waals surface area contributed by atoms with E-state index in [0.717, 1.165) is 0 Å². The zero-order valence-electron chi connectivity index (χ0n) is 8.21. The van der Waals surface area contributed by atoms with E-state index in [2.05, 4.69) is 5.32 Å². The summed E-state index contributed by atoms with van der Waals surface area (Å²) in [5, 5.41) is 11.6. The molecule has 0 saturated carbocycles. The molecule has 5 heteroatoms. The number of carbonyl (C=O) groups is 2. The van der Waals surface area contributed by atoms with Gasteiger partial charge >= 0.3 is 5.97 Å². The van der Waals surface area contributed by atoms with Gasteiger partial charge in [0.05, 0.1) is 0 Å². The van der Waals surface area contributed by atoms with Crippen LogP contribution in [-0.4, -0.2) is 36.7 Å². The van der Waals surface area contributed by atoms with Crippen LogP contribution < -0.4 is 5.32 Å². The first-order valence-corrected chi connectivity index (χ1v) is 4.73. The average Bonchev–Trinajstić information content (AvgIpc) is 2.19. The Balaban J connectivity index is 2.80. The van der Waals surface area contributed by atoms with Crippen LogP contribution in [0.25, 0.3) is 0 Å². The Labute approximate surface area is 82.4 Å². The molecular formula is C9H15NO4. The molecule has 0 aliphatic carbocycles.